The van der Waals surface area contributed by atoms with Crippen LogP contribution in [0.25, 0.3) is 0 Å². The Balaban J connectivity index is 1.05. The molecule has 6 rings (SSSR count). The zero-order valence-electron chi connectivity index (χ0n) is 16.8. The fourth-order valence-corrected chi connectivity index (χ4v) is 6.26. The normalized spacial score (nSPS) is 47.7. The summed E-state index contributed by atoms with van der Waals surface area (Å²) in [6, 6.07) is 1.02. The SMILES string of the molecule is CC1CC2C(NC34CC(NC(=O)COC5CCCC(F)C5)(C3)C4)NCCN2N1. The van der Waals surface area contributed by atoms with Crippen LogP contribution < -0.4 is 21.4 Å². The molecule has 0 aromatic rings. The maximum Gasteiger partial charge on any atom is 0.246 e. The van der Waals surface area contributed by atoms with Crippen LogP contribution >= 0.6 is 0 Å². The number of halogens is 1. The summed E-state index contributed by atoms with van der Waals surface area (Å²) in [5, 5.41) is 13.1. The second kappa shape index (κ2) is 7.16. The lowest BCUT2D eigenvalue weighted by Crippen LogP contribution is -2.86. The molecule has 6 aliphatic rings. The monoisotopic (exact) mass is 395 g/mol. The van der Waals surface area contributed by atoms with Crippen LogP contribution in [0.3, 0.4) is 0 Å². The van der Waals surface area contributed by atoms with Crippen molar-refractivity contribution in [1.82, 2.24) is 26.4 Å². The minimum Gasteiger partial charge on any atom is -0.368 e. The van der Waals surface area contributed by atoms with E-state index in [9.17, 15) is 9.18 Å². The van der Waals surface area contributed by atoms with Gasteiger partial charge in [-0.05, 0) is 51.9 Å². The van der Waals surface area contributed by atoms with Gasteiger partial charge >= 0.3 is 0 Å². The molecule has 2 heterocycles. The first-order valence-electron chi connectivity index (χ1n) is 11.0. The molecular weight excluding hydrogens is 361 g/mol. The Labute approximate surface area is 166 Å². The highest BCUT2D eigenvalue weighted by Crippen LogP contribution is 2.60. The third-order valence-electron chi connectivity index (χ3n) is 7.39. The Morgan fingerprint density at radius 2 is 2.07 bits per heavy atom. The predicted octanol–water partition coefficient (Wildman–Crippen LogP) is 0.561. The van der Waals surface area contributed by atoms with Crippen LogP contribution in [0.1, 0.15) is 58.3 Å². The summed E-state index contributed by atoms with van der Waals surface area (Å²) in [4.78, 5) is 12.3. The minimum absolute atomic E-state index is 0.0434. The highest BCUT2D eigenvalue weighted by Gasteiger charge is 2.69. The zero-order chi connectivity index (χ0) is 19.4. The van der Waals surface area contributed by atoms with Gasteiger partial charge in [0.2, 0.25) is 5.91 Å². The number of carbonyl (C=O) groups is 1. The molecule has 0 radical (unpaired) electrons. The summed E-state index contributed by atoms with van der Waals surface area (Å²) in [6.07, 6.45) is 6.37. The van der Waals surface area contributed by atoms with E-state index >= 15 is 0 Å². The molecule has 158 valence electrons. The number of hydrazine groups is 1. The number of nitrogens with zero attached hydrogens (tertiary/aromatic N) is 1. The summed E-state index contributed by atoms with van der Waals surface area (Å²) in [7, 11) is 0. The quantitative estimate of drug-likeness (QED) is 0.527. The van der Waals surface area contributed by atoms with Crippen molar-refractivity contribution in [3.63, 3.8) is 0 Å². The van der Waals surface area contributed by atoms with Crippen LogP contribution in [0.4, 0.5) is 4.39 Å². The lowest BCUT2D eigenvalue weighted by Gasteiger charge is -2.71. The van der Waals surface area contributed by atoms with E-state index in [0.29, 0.717) is 31.1 Å². The van der Waals surface area contributed by atoms with Gasteiger partial charge in [0, 0.05) is 36.6 Å². The van der Waals surface area contributed by atoms with Crippen LogP contribution in [0, 0.1) is 0 Å². The van der Waals surface area contributed by atoms with E-state index in [-0.39, 0.29) is 29.7 Å². The van der Waals surface area contributed by atoms with Gasteiger partial charge in [-0.25, -0.2) is 9.40 Å². The number of carbonyl (C=O) groups excluding carboxylic acids is 1. The number of alkyl halides is 1. The molecule has 8 heteroatoms. The Kier molecular flexibility index (Phi) is 4.91. The minimum atomic E-state index is -0.771. The van der Waals surface area contributed by atoms with Crippen molar-refractivity contribution in [1.29, 1.82) is 0 Å². The molecule has 2 saturated heterocycles. The van der Waals surface area contributed by atoms with Gasteiger partial charge in [-0.3, -0.25) is 20.9 Å². The number of hydrogen-bond acceptors (Lipinski definition) is 6. The van der Waals surface area contributed by atoms with Crippen LogP contribution in [0.15, 0.2) is 0 Å². The van der Waals surface area contributed by atoms with E-state index in [4.69, 9.17) is 4.74 Å². The van der Waals surface area contributed by atoms with Crippen LogP contribution in [0.2, 0.25) is 0 Å². The van der Waals surface area contributed by atoms with Gasteiger partial charge in [-0.2, -0.15) is 0 Å². The first-order chi connectivity index (χ1) is 13.4. The third kappa shape index (κ3) is 3.58. The summed E-state index contributed by atoms with van der Waals surface area (Å²) < 4.78 is 19.1. The number of ether oxygens (including phenoxy) is 1. The highest BCUT2D eigenvalue weighted by molar-refractivity contribution is 5.79. The standard InChI is InChI=1S/C20H34FN5O2/c1-13-7-16-18(22-5-6-26(16)25-13)24-20-10-19(11-20,12-20)23-17(27)9-28-15-4-2-3-14(21)8-15/h13-16,18,22,24-25H,2-12H2,1H3,(H,23,27). The maximum atomic E-state index is 13.4. The summed E-state index contributed by atoms with van der Waals surface area (Å²) in [5.74, 6) is -0.0509. The number of hydrogen-bond donors (Lipinski definition) is 4. The maximum absolute atomic E-state index is 13.4. The second-order valence-electron chi connectivity index (χ2n) is 9.94. The summed E-state index contributed by atoms with van der Waals surface area (Å²) >= 11 is 0. The third-order valence-corrected chi connectivity index (χ3v) is 7.39. The first-order valence-corrected chi connectivity index (χ1v) is 11.0. The van der Waals surface area contributed by atoms with E-state index in [0.717, 1.165) is 51.6 Å². The molecule has 5 atom stereocenters. The van der Waals surface area contributed by atoms with Gasteiger partial charge in [0.1, 0.15) is 12.8 Å². The topological polar surface area (TPSA) is 77.7 Å². The molecule has 28 heavy (non-hydrogen) atoms. The van der Waals surface area contributed by atoms with Gasteiger partial charge < -0.3 is 10.1 Å². The van der Waals surface area contributed by atoms with E-state index in [1.807, 2.05) is 0 Å². The van der Waals surface area contributed by atoms with Gasteiger partial charge in [-0.15, -0.1) is 0 Å². The molecule has 1 amide bonds. The molecule has 2 bridgehead atoms. The van der Waals surface area contributed by atoms with Gasteiger partial charge in [0.15, 0.2) is 0 Å². The largest absolute Gasteiger partial charge is 0.368 e. The fourth-order valence-electron chi connectivity index (χ4n) is 6.26. The van der Waals surface area contributed by atoms with Crippen molar-refractivity contribution in [2.75, 3.05) is 19.7 Å². The molecule has 0 aromatic heterocycles. The van der Waals surface area contributed by atoms with Crippen molar-refractivity contribution in [3.05, 3.63) is 0 Å². The number of rotatable bonds is 6. The first kappa shape index (κ1) is 19.2. The summed E-state index contributed by atoms with van der Waals surface area (Å²) in [5.41, 5.74) is 3.69. The average molecular weight is 396 g/mol. The van der Waals surface area contributed by atoms with Crippen LogP contribution in [-0.2, 0) is 9.53 Å². The smallest absolute Gasteiger partial charge is 0.246 e. The van der Waals surface area contributed by atoms with Crippen LogP contribution in [-0.4, -0.2) is 72.2 Å². The number of nitrogens with one attached hydrogen (secondary N) is 4. The van der Waals surface area contributed by atoms with Crippen molar-refractivity contribution >= 4 is 5.91 Å². The molecule has 4 aliphatic carbocycles. The lowest BCUT2D eigenvalue weighted by atomic mass is 9.44. The van der Waals surface area contributed by atoms with Gasteiger partial charge in [0.05, 0.1) is 18.3 Å². The predicted molar refractivity (Wildman–Crippen MR) is 103 cm³/mol. The zero-order valence-corrected chi connectivity index (χ0v) is 16.8. The molecule has 4 N–H and O–H groups in total. The Morgan fingerprint density at radius 1 is 1.25 bits per heavy atom. The van der Waals surface area contributed by atoms with E-state index in [1.54, 1.807) is 0 Å². The molecule has 5 unspecified atom stereocenters. The van der Waals surface area contributed by atoms with Crippen molar-refractivity contribution in [2.45, 2.75) is 99.9 Å². The molecule has 0 spiro atoms. The Hall–Kier alpha value is -0.800. The molecule has 2 aliphatic heterocycles. The lowest BCUT2D eigenvalue weighted by molar-refractivity contribution is -0.151. The fraction of sp³-hybridized carbons (Fsp3) is 0.950. The number of piperazine rings is 1. The molecule has 7 nitrogen and oxygen atoms in total. The second-order valence-corrected chi connectivity index (χ2v) is 9.94. The van der Waals surface area contributed by atoms with Gasteiger partial charge in [-0.1, -0.05) is 0 Å². The van der Waals surface area contributed by atoms with Crippen molar-refractivity contribution in [3.8, 4) is 0 Å². The summed E-state index contributed by atoms with van der Waals surface area (Å²) in [6.45, 7) is 4.34. The number of amides is 1. The molecule has 4 saturated carbocycles. The van der Waals surface area contributed by atoms with Crippen molar-refractivity contribution in [2.24, 2.45) is 0 Å². The van der Waals surface area contributed by atoms with E-state index < -0.39 is 6.17 Å². The van der Waals surface area contributed by atoms with Gasteiger partial charge in [0.25, 0.3) is 0 Å². The Morgan fingerprint density at radius 3 is 2.86 bits per heavy atom. The molecule has 6 fully saturated rings. The Bertz CT molecular complexity index is 600. The van der Waals surface area contributed by atoms with E-state index in [2.05, 4.69) is 33.3 Å². The molecular formula is C20H34FN5O2. The van der Waals surface area contributed by atoms with E-state index in [1.165, 1.54) is 0 Å². The average Bonchev–Trinajstić information content (AvgIpc) is 2.98. The van der Waals surface area contributed by atoms with Crippen molar-refractivity contribution < 1.29 is 13.9 Å². The highest BCUT2D eigenvalue weighted by atomic mass is 19.1. The number of fused-ring (bicyclic) bond motifs is 1. The molecule has 0 aromatic carbocycles. The van der Waals surface area contributed by atoms with Crippen LogP contribution in [0.5, 0.6) is 0 Å².